The predicted octanol–water partition coefficient (Wildman–Crippen LogP) is 3.34. The Kier molecular flexibility index (Phi) is 1.80. The lowest BCUT2D eigenvalue weighted by atomic mass is 9.82. The summed E-state index contributed by atoms with van der Waals surface area (Å²) in [6.07, 6.45) is 3.01. The van der Waals surface area contributed by atoms with Crippen molar-refractivity contribution in [3.63, 3.8) is 0 Å². The summed E-state index contributed by atoms with van der Waals surface area (Å²) in [6, 6.07) is 0. The van der Waals surface area contributed by atoms with Crippen LogP contribution in [-0.2, 0) is 0 Å². The average Bonchev–Trinajstić information content (AvgIpc) is 2.75. The predicted molar refractivity (Wildman–Crippen MR) is 58.9 cm³/mol. The topological polar surface area (TPSA) is 0 Å². The molecule has 0 aromatic rings. The molecule has 1 heteroatoms. The third-order valence-electron chi connectivity index (χ3n) is 4.37. The SMILES string of the molecule is CC(C)=C1[C@H]2CC[C@@H]1[C@H]1CSC[C@H]12. The normalized spacial score (nSPS) is 47.1. The molecule has 72 valence electrons. The first-order valence-electron chi connectivity index (χ1n) is 5.54. The summed E-state index contributed by atoms with van der Waals surface area (Å²) in [5.74, 6) is 7.10. The molecule has 0 spiro atoms. The molecule has 13 heavy (non-hydrogen) atoms. The highest BCUT2D eigenvalue weighted by Crippen LogP contribution is 2.60. The van der Waals surface area contributed by atoms with Crippen molar-refractivity contribution in [2.75, 3.05) is 11.5 Å². The summed E-state index contributed by atoms with van der Waals surface area (Å²) in [6.45, 7) is 4.66. The lowest BCUT2D eigenvalue weighted by Gasteiger charge is -2.22. The van der Waals surface area contributed by atoms with Gasteiger partial charge >= 0.3 is 0 Å². The van der Waals surface area contributed by atoms with E-state index in [0.29, 0.717) is 0 Å². The summed E-state index contributed by atoms with van der Waals surface area (Å²) in [4.78, 5) is 0. The van der Waals surface area contributed by atoms with Crippen molar-refractivity contribution in [1.82, 2.24) is 0 Å². The van der Waals surface area contributed by atoms with Gasteiger partial charge in [-0.3, -0.25) is 0 Å². The molecule has 0 N–H and O–H groups in total. The number of thioether (sulfide) groups is 1. The molecule has 1 heterocycles. The van der Waals surface area contributed by atoms with Crippen LogP contribution in [0.4, 0.5) is 0 Å². The summed E-state index contributed by atoms with van der Waals surface area (Å²) in [5.41, 5.74) is 3.53. The van der Waals surface area contributed by atoms with Gasteiger partial charge in [0, 0.05) is 0 Å². The molecule has 0 radical (unpaired) electrons. The second-order valence-electron chi connectivity index (χ2n) is 5.11. The van der Waals surface area contributed by atoms with Crippen LogP contribution in [0.1, 0.15) is 26.7 Å². The maximum absolute atomic E-state index is 2.33. The van der Waals surface area contributed by atoms with Crippen molar-refractivity contribution >= 4 is 11.8 Å². The number of allylic oxidation sites excluding steroid dienone is 2. The van der Waals surface area contributed by atoms with Crippen LogP contribution in [0.15, 0.2) is 11.1 Å². The van der Waals surface area contributed by atoms with Crippen LogP contribution in [0.5, 0.6) is 0 Å². The Morgan fingerprint density at radius 2 is 1.62 bits per heavy atom. The van der Waals surface area contributed by atoms with E-state index < -0.39 is 0 Å². The summed E-state index contributed by atoms with van der Waals surface area (Å²) in [5, 5.41) is 0. The first kappa shape index (κ1) is 8.40. The van der Waals surface area contributed by atoms with Crippen molar-refractivity contribution in [3.05, 3.63) is 11.1 Å². The van der Waals surface area contributed by atoms with Crippen molar-refractivity contribution in [2.45, 2.75) is 26.7 Å². The van der Waals surface area contributed by atoms with Gasteiger partial charge in [0.2, 0.25) is 0 Å². The second-order valence-corrected chi connectivity index (χ2v) is 6.19. The Bertz CT molecular complexity index is 242. The minimum atomic E-state index is 1.01. The van der Waals surface area contributed by atoms with Gasteiger partial charge < -0.3 is 0 Å². The first-order valence-corrected chi connectivity index (χ1v) is 6.69. The van der Waals surface area contributed by atoms with Gasteiger partial charge in [-0.2, -0.15) is 11.8 Å². The van der Waals surface area contributed by atoms with E-state index in [1.807, 2.05) is 5.57 Å². The van der Waals surface area contributed by atoms with Crippen LogP contribution in [0.2, 0.25) is 0 Å². The molecule has 3 rings (SSSR count). The maximum atomic E-state index is 2.33. The Labute approximate surface area is 85.2 Å². The molecule has 4 atom stereocenters. The van der Waals surface area contributed by atoms with E-state index in [0.717, 1.165) is 23.7 Å². The molecule has 0 aromatic heterocycles. The van der Waals surface area contributed by atoms with E-state index in [4.69, 9.17) is 0 Å². The van der Waals surface area contributed by atoms with Gasteiger partial charge in [0.15, 0.2) is 0 Å². The van der Waals surface area contributed by atoms with Gasteiger partial charge in [-0.05, 0) is 61.9 Å². The summed E-state index contributed by atoms with van der Waals surface area (Å²) < 4.78 is 0. The summed E-state index contributed by atoms with van der Waals surface area (Å²) in [7, 11) is 0. The highest BCUT2D eigenvalue weighted by Gasteiger charge is 2.52. The fraction of sp³-hybridized carbons (Fsp3) is 0.833. The Hall–Kier alpha value is 0.0900. The highest BCUT2D eigenvalue weighted by atomic mass is 32.2. The van der Waals surface area contributed by atoms with Crippen LogP contribution < -0.4 is 0 Å². The molecule has 0 unspecified atom stereocenters. The molecule has 0 nitrogen and oxygen atoms in total. The fourth-order valence-electron chi connectivity index (χ4n) is 3.99. The number of rotatable bonds is 0. The van der Waals surface area contributed by atoms with Crippen molar-refractivity contribution in [3.8, 4) is 0 Å². The molecular formula is C12H18S. The smallest absolute Gasteiger partial charge is 0.00301 e. The molecule has 1 aliphatic heterocycles. The van der Waals surface area contributed by atoms with Crippen molar-refractivity contribution < 1.29 is 0 Å². The zero-order valence-corrected chi connectivity index (χ0v) is 9.36. The zero-order chi connectivity index (χ0) is 9.00. The van der Waals surface area contributed by atoms with E-state index in [-0.39, 0.29) is 0 Å². The number of hydrogen-bond acceptors (Lipinski definition) is 1. The minimum Gasteiger partial charge on any atom is -0.161 e. The third-order valence-corrected chi connectivity index (χ3v) is 5.61. The van der Waals surface area contributed by atoms with E-state index in [1.165, 1.54) is 24.3 Å². The zero-order valence-electron chi connectivity index (χ0n) is 8.55. The Balaban J connectivity index is 2.01. The monoisotopic (exact) mass is 194 g/mol. The van der Waals surface area contributed by atoms with E-state index in [2.05, 4.69) is 25.6 Å². The number of hydrogen-bond donors (Lipinski definition) is 0. The van der Waals surface area contributed by atoms with Crippen molar-refractivity contribution in [1.29, 1.82) is 0 Å². The quantitative estimate of drug-likeness (QED) is 0.533. The minimum absolute atomic E-state index is 1.01. The molecular weight excluding hydrogens is 176 g/mol. The second kappa shape index (κ2) is 2.79. The van der Waals surface area contributed by atoms with Crippen LogP contribution in [-0.4, -0.2) is 11.5 Å². The van der Waals surface area contributed by atoms with Gasteiger partial charge in [0.05, 0.1) is 0 Å². The molecule has 3 aliphatic rings. The molecule has 3 fully saturated rings. The Morgan fingerprint density at radius 1 is 1.08 bits per heavy atom. The van der Waals surface area contributed by atoms with Gasteiger partial charge in [0.1, 0.15) is 0 Å². The molecule has 2 aliphatic carbocycles. The van der Waals surface area contributed by atoms with Crippen LogP contribution >= 0.6 is 11.8 Å². The fourth-order valence-corrected chi connectivity index (χ4v) is 5.63. The lowest BCUT2D eigenvalue weighted by molar-refractivity contribution is 0.281. The molecule has 2 saturated carbocycles. The van der Waals surface area contributed by atoms with Gasteiger partial charge in [-0.1, -0.05) is 11.1 Å². The third kappa shape index (κ3) is 1.000. The van der Waals surface area contributed by atoms with E-state index >= 15 is 0 Å². The highest BCUT2D eigenvalue weighted by molar-refractivity contribution is 7.99. The van der Waals surface area contributed by atoms with Crippen molar-refractivity contribution in [2.24, 2.45) is 23.7 Å². The number of fused-ring (bicyclic) bond motifs is 5. The average molecular weight is 194 g/mol. The van der Waals surface area contributed by atoms with Crippen LogP contribution in [0.25, 0.3) is 0 Å². The maximum Gasteiger partial charge on any atom is -0.00301 e. The standard InChI is InChI=1S/C12H18S/c1-7(2)12-8-3-4-9(12)11-6-13-5-10(8)11/h8-11H,3-6H2,1-2H3/t8-,9+,10-,11+. The van der Waals surface area contributed by atoms with Crippen LogP contribution in [0, 0.1) is 23.7 Å². The molecule has 2 bridgehead atoms. The van der Waals surface area contributed by atoms with Gasteiger partial charge in [-0.25, -0.2) is 0 Å². The first-order chi connectivity index (χ1) is 6.29. The lowest BCUT2D eigenvalue weighted by Crippen LogP contribution is -2.19. The molecule has 0 amide bonds. The van der Waals surface area contributed by atoms with Gasteiger partial charge in [-0.15, -0.1) is 0 Å². The summed E-state index contributed by atoms with van der Waals surface area (Å²) >= 11 is 2.20. The molecule has 1 saturated heterocycles. The largest absolute Gasteiger partial charge is 0.161 e. The van der Waals surface area contributed by atoms with E-state index in [1.54, 1.807) is 5.57 Å². The molecule has 0 aromatic carbocycles. The van der Waals surface area contributed by atoms with Crippen LogP contribution in [0.3, 0.4) is 0 Å². The van der Waals surface area contributed by atoms with E-state index in [9.17, 15) is 0 Å². The van der Waals surface area contributed by atoms with Gasteiger partial charge in [0.25, 0.3) is 0 Å². The Morgan fingerprint density at radius 3 is 2.08 bits per heavy atom.